The van der Waals surface area contributed by atoms with Crippen LogP contribution in [0.1, 0.15) is 65.2 Å². The number of benzene rings is 2. The number of nitrogens with zero attached hydrogens (tertiary/aromatic N) is 2. The van der Waals surface area contributed by atoms with E-state index in [0.29, 0.717) is 61.1 Å². The summed E-state index contributed by atoms with van der Waals surface area (Å²) in [5, 5.41) is 9.73. The molecule has 2 N–H and O–H groups in total. The molecular weight excluding hydrogens is 458 g/mol. The van der Waals surface area contributed by atoms with Crippen molar-refractivity contribution in [3.8, 4) is 0 Å². The Morgan fingerprint density at radius 3 is 2.44 bits per heavy atom. The number of nitrogens with one attached hydrogen (secondary N) is 1. The highest BCUT2D eigenvalue weighted by atomic mass is 16.4. The van der Waals surface area contributed by atoms with Crippen molar-refractivity contribution in [2.24, 2.45) is 11.3 Å². The third kappa shape index (κ3) is 5.53. The Labute approximate surface area is 209 Å². The molecule has 0 bridgehead atoms. The van der Waals surface area contributed by atoms with E-state index in [1.54, 1.807) is 23.1 Å². The van der Waals surface area contributed by atoms with Gasteiger partial charge in [-0.2, -0.15) is 0 Å². The van der Waals surface area contributed by atoms with E-state index in [1.807, 2.05) is 32.9 Å². The number of Topliss-reactive ketones (excluding diaryl/α,β-unsaturated/α-hetero) is 1. The average molecular weight is 490 g/mol. The number of amides is 1. The molecule has 188 valence electrons. The molecule has 0 aliphatic carbocycles. The van der Waals surface area contributed by atoms with E-state index >= 15 is 0 Å². The zero-order valence-electron chi connectivity index (χ0n) is 20.8. The Balaban J connectivity index is 1.37. The fourth-order valence-electron chi connectivity index (χ4n) is 4.90. The van der Waals surface area contributed by atoms with Gasteiger partial charge in [-0.25, -0.2) is 9.78 Å². The number of aromatic amines is 1. The number of carboxylic acid groups (broad SMARTS) is 1. The number of aryl methyl sites for hydroxylation is 1. The summed E-state index contributed by atoms with van der Waals surface area (Å²) in [6, 6.07) is 11.6. The molecular formula is C28H31N3O5. The molecule has 36 heavy (non-hydrogen) atoms. The second kappa shape index (κ2) is 10.0. The maximum absolute atomic E-state index is 13.1. The largest absolute Gasteiger partial charge is 0.478 e. The topological polar surface area (TPSA) is 120 Å². The quantitative estimate of drug-likeness (QED) is 0.484. The Morgan fingerprint density at radius 1 is 1.08 bits per heavy atom. The molecule has 1 fully saturated rings. The van der Waals surface area contributed by atoms with Gasteiger partial charge in [-0.1, -0.05) is 38.1 Å². The van der Waals surface area contributed by atoms with Gasteiger partial charge in [0.25, 0.3) is 5.56 Å². The smallest absolute Gasteiger partial charge is 0.335 e. The zero-order valence-corrected chi connectivity index (χ0v) is 20.8. The van der Waals surface area contributed by atoms with Crippen LogP contribution in [0.15, 0.2) is 47.3 Å². The molecule has 1 aliphatic rings. The van der Waals surface area contributed by atoms with Crippen molar-refractivity contribution in [2.45, 2.75) is 46.5 Å². The maximum atomic E-state index is 13.1. The summed E-state index contributed by atoms with van der Waals surface area (Å²) < 4.78 is 0. The van der Waals surface area contributed by atoms with Gasteiger partial charge in [-0.15, -0.1) is 0 Å². The molecule has 1 saturated heterocycles. The predicted octanol–water partition coefficient (Wildman–Crippen LogP) is 4.01. The van der Waals surface area contributed by atoms with Crippen LogP contribution in [0.3, 0.4) is 0 Å². The van der Waals surface area contributed by atoms with Gasteiger partial charge in [-0.3, -0.25) is 14.4 Å². The van der Waals surface area contributed by atoms with Crippen LogP contribution in [0.4, 0.5) is 0 Å². The molecule has 1 aromatic heterocycles. The van der Waals surface area contributed by atoms with Crippen LogP contribution in [0, 0.1) is 18.3 Å². The molecule has 0 atom stereocenters. The van der Waals surface area contributed by atoms with Crippen LogP contribution in [0.25, 0.3) is 10.9 Å². The molecule has 0 radical (unpaired) electrons. The summed E-state index contributed by atoms with van der Waals surface area (Å²) in [7, 11) is 0. The fourth-order valence-corrected chi connectivity index (χ4v) is 4.90. The number of fused-ring (bicyclic) bond motifs is 1. The minimum Gasteiger partial charge on any atom is -0.478 e. The Morgan fingerprint density at radius 2 is 1.75 bits per heavy atom. The third-order valence-electron chi connectivity index (χ3n) is 6.88. The third-order valence-corrected chi connectivity index (χ3v) is 6.88. The highest BCUT2D eigenvalue weighted by molar-refractivity contribution is 6.00. The summed E-state index contributed by atoms with van der Waals surface area (Å²) in [6.07, 6.45) is 1.83. The fraction of sp³-hybridized carbons (Fsp3) is 0.393. The van der Waals surface area contributed by atoms with E-state index < -0.39 is 11.4 Å². The maximum Gasteiger partial charge on any atom is 0.335 e. The number of piperidine rings is 1. The van der Waals surface area contributed by atoms with Crippen molar-refractivity contribution in [3.05, 3.63) is 75.3 Å². The van der Waals surface area contributed by atoms with Crippen LogP contribution in [0.5, 0.6) is 0 Å². The van der Waals surface area contributed by atoms with Crippen LogP contribution < -0.4 is 5.56 Å². The second-order valence-corrected chi connectivity index (χ2v) is 10.4. The minimum atomic E-state index is -1.06. The Kier molecular flexibility index (Phi) is 7.06. The van der Waals surface area contributed by atoms with Crippen molar-refractivity contribution in [1.29, 1.82) is 0 Å². The summed E-state index contributed by atoms with van der Waals surface area (Å²) in [6.45, 7) is 6.85. The molecule has 1 amide bonds. The predicted molar refractivity (Wildman–Crippen MR) is 136 cm³/mol. The molecule has 2 heterocycles. The van der Waals surface area contributed by atoms with Crippen LogP contribution in [0.2, 0.25) is 0 Å². The van der Waals surface area contributed by atoms with Gasteiger partial charge in [-0.05, 0) is 48.9 Å². The van der Waals surface area contributed by atoms with Crippen molar-refractivity contribution < 1.29 is 19.5 Å². The average Bonchev–Trinajstić information content (AvgIpc) is 2.84. The molecule has 2 aromatic carbocycles. The van der Waals surface area contributed by atoms with Gasteiger partial charge in [0, 0.05) is 37.4 Å². The van der Waals surface area contributed by atoms with Crippen molar-refractivity contribution in [1.82, 2.24) is 14.9 Å². The number of carboxylic acids is 1. The number of likely N-dealkylation sites (tertiary alicyclic amines) is 1. The summed E-state index contributed by atoms with van der Waals surface area (Å²) >= 11 is 0. The van der Waals surface area contributed by atoms with Gasteiger partial charge >= 0.3 is 5.97 Å². The number of aromatic nitrogens is 2. The number of carbonyl (C=O) groups excluding carboxylic acids is 2. The van der Waals surface area contributed by atoms with Crippen LogP contribution >= 0.6 is 0 Å². The van der Waals surface area contributed by atoms with E-state index in [-0.39, 0.29) is 28.7 Å². The number of aromatic carboxylic acids is 1. The normalized spacial score (nSPS) is 14.7. The first-order valence-corrected chi connectivity index (χ1v) is 12.2. The summed E-state index contributed by atoms with van der Waals surface area (Å²) in [5.74, 6) is -0.801. The van der Waals surface area contributed by atoms with Crippen LogP contribution in [-0.2, 0) is 11.2 Å². The first kappa shape index (κ1) is 25.3. The molecule has 3 aromatic rings. The van der Waals surface area contributed by atoms with Gasteiger partial charge < -0.3 is 15.0 Å². The van der Waals surface area contributed by atoms with E-state index in [0.717, 1.165) is 5.56 Å². The van der Waals surface area contributed by atoms with E-state index in [1.165, 1.54) is 12.1 Å². The Bertz CT molecular complexity index is 1380. The standard InChI is InChI=1S/C28H31N3O5/c1-17-6-4-9-21-24(17)29-22(30-26(21)34)15-28(2,3)16-23(32)31-12-10-18(11-13-31)25(33)19-7-5-8-20(14-19)27(35)36/h4-9,14,18H,10-13,15-16H2,1-3H3,(H,35,36)(H,29,30,34). The first-order chi connectivity index (χ1) is 17.0. The van der Waals surface area contributed by atoms with Crippen molar-refractivity contribution >= 4 is 28.6 Å². The number of carbonyl (C=O) groups is 3. The molecule has 0 saturated carbocycles. The lowest BCUT2D eigenvalue weighted by atomic mass is 9.83. The van der Waals surface area contributed by atoms with Gasteiger partial charge in [0.05, 0.1) is 16.5 Å². The number of rotatable bonds is 7. The minimum absolute atomic E-state index is 0.0121. The van der Waals surface area contributed by atoms with Crippen molar-refractivity contribution in [3.63, 3.8) is 0 Å². The van der Waals surface area contributed by atoms with Crippen molar-refractivity contribution in [2.75, 3.05) is 13.1 Å². The molecule has 8 heteroatoms. The van der Waals surface area contributed by atoms with E-state index in [4.69, 9.17) is 0 Å². The van der Waals surface area contributed by atoms with Gasteiger partial charge in [0.15, 0.2) is 5.78 Å². The number of hydrogen-bond donors (Lipinski definition) is 2. The highest BCUT2D eigenvalue weighted by Gasteiger charge is 2.31. The molecule has 0 unspecified atom stereocenters. The SMILES string of the molecule is Cc1cccc2c(=O)[nH]c(CC(C)(C)CC(=O)N3CCC(C(=O)c4cccc(C(=O)O)c4)CC3)nc12. The van der Waals surface area contributed by atoms with E-state index in [2.05, 4.69) is 9.97 Å². The summed E-state index contributed by atoms with van der Waals surface area (Å²) in [4.78, 5) is 59.0. The number of hydrogen-bond acceptors (Lipinski definition) is 5. The van der Waals surface area contributed by atoms with Crippen LogP contribution in [-0.4, -0.2) is 50.7 Å². The van der Waals surface area contributed by atoms with Gasteiger partial charge in [0.2, 0.25) is 5.91 Å². The monoisotopic (exact) mass is 489 g/mol. The second-order valence-electron chi connectivity index (χ2n) is 10.4. The lowest BCUT2D eigenvalue weighted by molar-refractivity contribution is -0.134. The van der Waals surface area contributed by atoms with E-state index in [9.17, 15) is 24.3 Å². The lowest BCUT2D eigenvalue weighted by Gasteiger charge is -2.34. The number of H-pyrrole nitrogens is 1. The molecule has 0 spiro atoms. The zero-order chi connectivity index (χ0) is 26.0. The molecule has 1 aliphatic heterocycles. The molecule has 8 nitrogen and oxygen atoms in total. The number of ketones is 1. The molecule has 4 rings (SSSR count). The number of para-hydroxylation sites is 1. The summed E-state index contributed by atoms with van der Waals surface area (Å²) in [5.41, 5.74) is 1.50. The highest BCUT2D eigenvalue weighted by Crippen LogP contribution is 2.28. The Hall–Kier alpha value is -3.81. The first-order valence-electron chi connectivity index (χ1n) is 12.2. The lowest BCUT2D eigenvalue weighted by Crippen LogP contribution is -2.42. The van der Waals surface area contributed by atoms with Gasteiger partial charge in [0.1, 0.15) is 5.82 Å².